The van der Waals surface area contributed by atoms with Crippen molar-refractivity contribution in [2.75, 3.05) is 6.61 Å². The molecule has 0 fully saturated rings. The normalized spacial score (nSPS) is 8.33. The Morgan fingerprint density at radius 2 is 2.22 bits per heavy atom. The van der Waals surface area contributed by atoms with Crippen LogP contribution in [0.5, 0.6) is 0 Å². The maximum absolute atomic E-state index is 11.2. The first-order chi connectivity index (χ1) is 4.13. The van der Waals surface area contributed by atoms with Crippen molar-refractivity contribution in [3.63, 3.8) is 0 Å². The number of hydrogen-bond donors (Lipinski definition) is 0. The van der Waals surface area contributed by atoms with Gasteiger partial charge < -0.3 is 4.74 Å². The second-order valence-corrected chi connectivity index (χ2v) is 2.05. The first kappa shape index (κ1) is 8.72. The molecule has 0 unspecified atom stereocenters. The summed E-state index contributed by atoms with van der Waals surface area (Å²) in [5.41, 5.74) is 0. The van der Waals surface area contributed by atoms with E-state index in [0.717, 1.165) is 6.08 Å². The molecule has 0 bridgehead atoms. The van der Waals surface area contributed by atoms with Crippen LogP contribution in [0.3, 0.4) is 0 Å². The minimum Gasteiger partial charge on any atom is -0.436 e. The van der Waals surface area contributed by atoms with Gasteiger partial charge in [-0.05, 0) is 6.08 Å². The smallest absolute Gasteiger partial charge is 0.436 e. The maximum Gasteiger partial charge on any atom is 0.495 e. The molecular formula is C4H3Cl2FO2. The van der Waals surface area contributed by atoms with Gasteiger partial charge in [-0.3, -0.25) is 0 Å². The minimum absolute atomic E-state index is 0.0590. The lowest BCUT2D eigenvalue weighted by atomic mass is 10.7. The molecule has 0 N–H and O–H groups in total. The molecule has 0 atom stereocenters. The lowest BCUT2D eigenvalue weighted by Gasteiger charge is -1.89. The van der Waals surface area contributed by atoms with Gasteiger partial charge in [0.05, 0.1) is 0 Å². The van der Waals surface area contributed by atoms with Gasteiger partial charge in [-0.1, -0.05) is 23.2 Å². The van der Waals surface area contributed by atoms with Crippen molar-refractivity contribution in [1.82, 2.24) is 0 Å². The molecule has 0 heterocycles. The Labute approximate surface area is 61.2 Å². The van der Waals surface area contributed by atoms with Crippen molar-refractivity contribution in [3.8, 4) is 0 Å². The fraction of sp³-hybridized carbons (Fsp3) is 0.250. The van der Waals surface area contributed by atoms with Gasteiger partial charge in [0.15, 0.2) is 0 Å². The average molecular weight is 173 g/mol. The monoisotopic (exact) mass is 172 g/mol. The quantitative estimate of drug-likeness (QED) is 0.599. The molecule has 0 saturated heterocycles. The summed E-state index contributed by atoms with van der Waals surface area (Å²) in [6.45, 7) is -0.238. The number of carbonyl (C=O) groups excluding carboxylic acids is 1. The van der Waals surface area contributed by atoms with Gasteiger partial charge in [0, 0.05) is 0 Å². The molecule has 0 saturated carbocycles. The Balaban J connectivity index is 3.31. The first-order valence-electron chi connectivity index (χ1n) is 1.96. The van der Waals surface area contributed by atoms with Crippen LogP contribution in [0.1, 0.15) is 0 Å². The number of halogens is 3. The molecule has 0 aromatic heterocycles. The topological polar surface area (TPSA) is 26.3 Å². The average Bonchev–Trinajstić information content (AvgIpc) is 1.63. The summed E-state index contributed by atoms with van der Waals surface area (Å²) in [6, 6.07) is 0. The van der Waals surface area contributed by atoms with Gasteiger partial charge in [-0.2, -0.15) is 0 Å². The molecule has 0 aromatic carbocycles. The molecule has 0 amide bonds. The lowest BCUT2D eigenvalue weighted by Crippen LogP contribution is -1.93. The molecule has 9 heavy (non-hydrogen) atoms. The van der Waals surface area contributed by atoms with E-state index in [1.165, 1.54) is 0 Å². The Kier molecular flexibility index (Phi) is 4.44. The predicted molar refractivity (Wildman–Crippen MR) is 32.2 cm³/mol. The highest BCUT2D eigenvalue weighted by molar-refractivity contribution is 6.55. The van der Waals surface area contributed by atoms with Crippen LogP contribution in [0.15, 0.2) is 10.6 Å². The Morgan fingerprint density at radius 3 is 2.56 bits per heavy atom. The first-order valence-corrected chi connectivity index (χ1v) is 2.72. The van der Waals surface area contributed by atoms with E-state index in [1.54, 1.807) is 0 Å². The predicted octanol–water partition coefficient (Wildman–Crippen LogP) is 2.41. The van der Waals surface area contributed by atoms with E-state index in [-0.39, 0.29) is 11.1 Å². The molecule has 0 aromatic rings. The summed E-state index contributed by atoms with van der Waals surface area (Å²) in [6.07, 6.45) is -0.693. The van der Waals surface area contributed by atoms with Crippen molar-refractivity contribution in [1.29, 1.82) is 0 Å². The third kappa shape index (κ3) is 7.72. The molecule has 0 aliphatic rings. The van der Waals surface area contributed by atoms with Crippen LogP contribution in [0.25, 0.3) is 0 Å². The zero-order valence-electron chi connectivity index (χ0n) is 4.23. The number of carbonyl (C=O) groups is 1. The second kappa shape index (κ2) is 4.58. The summed E-state index contributed by atoms with van der Waals surface area (Å²) < 4.78 is 14.9. The largest absolute Gasteiger partial charge is 0.495 e. The zero-order valence-corrected chi connectivity index (χ0v) is 5.75. The molecule has 52 valence electrons. The van der Waals surface area contributed by atoms with Gasteiger partial charge in [-0.25, -0.2) is 4.79 Å². The van der Waals surface area contributed by atoms with E-state index < -0.39 is 6.22 Å². The van der Waals surface area contributed by atoms with Crippen molar-refractivity contribution in [2.24, 2.45) is 0 Å². The third-order valence-corrected chi connectivity index (χ3v) is 0.743. The third-order valence-electron chi connectivity index (χ3n) is 0.434. The van der Waals surface area contributed by atoms with Crippen LogP contribution < -0.4 is 0 Å². The summed E-state index contributed by atoms with van der Waals surface area (Å²) in [4.78, 5) is 9.42. The van der Waals surface area contributed by atoms with E-state index in [1.807, 2.05) is 0 Å². The van der Waals surface area contributed by atoms with Crippen LogP contribution in [0.2, 0.25) is 0 Å². The second-order valence-electron chi connectivity index (χ2n) is 1.04. The molecule has 0 radical (unpaired) electrons. The van der Waals surface area contributed by atoms with Crippen LogP contribution in [0.4, 0.5) is 9.18 Å². The summed E-state index contributed by atoms with van der Waals surface area (Å²) in [7, 11) is 0. The van der Waals surface area contributed by atoms with Crippen molar-refractivity contribution >= 4 is 29.4 Å². The SMILES string of the molecule is O=C(F)OCC=C(Cl)Cl. The lowest BCUT2D eigenvalue weighted by molar-refractivity contribution is 0.132. The van der Waals surface area contributed by atoms with Gasteiger partial charge in [-0.15, -0.1) is 4.39 Å². The Morgan fingerprint density at radius 1 is 1.67 bits per heavy atom. The number of rotatable bonds is 2. The highest BCUT2D eigenvalue weighted by Crippen LogP contribution is 2.04. The van der Waals surface area contributed by atoms with Gasteiger partial charge >= 0.3 is 6.22 Å². The van der Waals surface area contributed by atoms with Crippen molar-refractivity contribution in [3.05, 3.63) is 10.6 Å². The van der Waals surface area contributed by atoms with Crippen LogP contribution >= 0.6 is 23.2 Å². The molecule has 0 rings (SSSR count). The van der Waals surface area contributed by atoms with Crippen LogP contribution in [-0.4, -0.2) is 12.8 Å². The fourth-order valence-electron chi connectivity index (χ4n) is 0.170. The molecule has 2 nitrogen and oxygen atoms in total. The highest BCUT2D eigenvalue weighted by Gasteiger charge is 1.93. The Bertz CT molecular complexity index is 131. The van der Waals surface area contributed by atoms with Crippen molar-refractivity contribution < 1.29 is 13.9 Å². The van der Waals surface area contributed by atoms with Crippen LogP contribution in [0, 0.1) is 0 Å². The summed E-state index contributed by atoms with van der Waals surface area (Å²) in [5.74, 6) is 0. The van der Waals surface area contributed by atoms with E-state index >= 15 is 0 Å². The molecule has 0 spiro atoms. The molecular weight excluding hydrogens is 170 g/mol. The fourth-order valence-corrected chi connectivity index (χ4v) is 0.296. The number of ether oxygens (including phenoxy) is 1. The Hall–Kier alpha value is -0.280. The van der Waals surface area contributed by atoms with Gasteiger partial charge in [0.25, 0.3) is 0 Å². The molecule has 5 heteroatoms. The molecule has 0 aliphatic heterocycles. The summed E-state index contributed by atoms with van der Waals surface area (Å²) >= 11 is 10.1. The van der Waals surface area contributed by atoms with Gasteiger partial charge in [0.2, 0.25) is 0 Å². The van der Waals surface area contributed by atoms with E-state index in [2.05, 4.69) is 4.74 Å². The van der Waals surface area contributed by atoms with E-state index in [9.17, 15) is 9.18 Å². The molecule has 0 aliphatic carbocycles. The van der Waals surface area contributed by atoms with Gasteiger partial charge in [0.1, 0.15) is 11.1 Å². The summed E-state index contributed by atoms with van der Waals surface area (Å²) in [5, 5.41) is 0. The van der Waals surface area contributed by atoms with Crippen molar-refractivity contribution in [2.45, 2.75) is 0 Å². The standard InChI is InChI=1S/C4H3Cl2FO2/c5-3(6)1-2-9-4(7)8/h1H,2H2. The van der Waals surface area contributed by atoms with E-state index in [0.29, 0.717) is 0 Å². The highest BCUT2D eigenvalue weighted by atomic mass is 35.5. The number of hydrogen-bond acceptors (Lipinski definition) is 2. The van der Waals surface area contributed by atoms with Crippen LogP contribution in [-0.2, 0) is 4.74 Å². The zero-order chi connectivity index (χ0) is 7.28. The van der Waals surface area contributed by atoms with E-state index in [4.69, 9.17) is 23.2 Å². The minimum atomic E-state index is -1.85. The maximum atomic E-state index is 11.2.